The average Bonchev–Trinajstić information content (AvgIpc) is 3.34. The molecule has 6 rings (SSSR count). The number of carbonyl (C=O) groups is 2. The normalized spacial score (nSPS) is 14.7. The van der Waals surface area contributed by atoms with Crippen LogP contribution in [0.2, 0.25) is 0 Å². The minimum absolute atomic E-state index is 0.0369. The van der Waals surface area contributed by atoms with Gasteiger partial charge in [0.15, 0.2) is 0 Å². The zero-order chi connectivity index (χ0) is 30.8. The lowest BCUT2D eigenvalue weighted by atomic mass is 9.99. The number of amides is 2. The van der Waals surface area contributed by atoms with Crippen molar-refractivity contribution >= 4 is 29.4 Å². The number of rotatable bonds is 7. The van der Waals surface area contributed by atoms with Gasteiger partial charge in [-0.05, 0) is 43.7 Å². The first kappa shape index (κ1) is 29.3. The van der Waals surface area contributed by atoms with Crippen molar-refractivity contribution in [2.75, 3.05) is 17.2 Å². The first-order valence-corrected chi connectivity index (χ1v) is 15.1. The number of carbonyl (C=O) groups excluding carboxylic acids is 2. The zero-order valence-electron chi connectivity index (χ0n) is 24.1. The maximum atomic E-state index is 15.5. The highest BCUT2D eigenvalue weighted by Crippen LogP contribution is 2.49. The summed E-state index contributed by atoms with van der Waals surface area (Å²) in [4.78, 5) is 32.9. The second kappa shape index (κ2) is 12.4. The van der Waals surface area contributed by atoms with Gasteiger partial charge in [-0.3, -0.25) is 19.5 Å². The van der Waals surface area contributed by atoms with Gasteiger partial charge in [0, 0.05) is 29.0 Å². The van der Waals surface area contributed by atoms with E-state index >= 15 is 4.39 Å². The summed E-state index contributed by atoms with van der Waals surface area (Å²) in [7, 11) is 0. The summed E-state index contributed by atoms with van der Waals surface area (Å²) in [5.41, 5.74) is 5.44. The molecular formula is C34H29F2N5O2S. The number of hydrogen-bond acceptors (Lipinski definition) is 5. The van der Waals surface area contributed by atoms with Crippen molar-refractivity contribution in [3.63, 3.8) is 0 Å². The molecule has 0 unspecified atom stereocenters. The molecule has 1 aliphatic heterocycles. The molecule has 2 aromatic heterocycles. The Morgan fingerprint density at radius 1 is 1.00 bits per heavy atom. The molecule has 44 heavy (non-hydrogen) atoms. The Labute approximate surface area is 257 Å². The Morgan fingerprint density at radius 3 is 2.52 bits per heavy atom. The second-order valence-electron chi connectivity index (χ2n) is 10.6. The fourth-order valence-electron chi connectivity index (χ4n) is 5.39. The monoisotopic (exact) mass is 609 g/mol. The van der Waals surface area contributed by atoms with Gasteiger partial charge in [-0.1, -0.05) is 60.2 Å². The summed E-state index contributed by atoms with van der Waals surface area (Å²) >= 11 is 1.22. The Balaban J connectivity index is 1.55. The van der Waals surface area contributed by atoms with Crippen molar-refractivity contribution in [2.45, 2.75) is 25.6 Å². The Morgan fingerprint density at radius 2 is 1.80 bits per heavy atom. The molecule has 0 fully saturated rings. The van der Waals surface area contributed by atoms with Crippen molar-refractivity contribution < 1.29 is 18.4 Å². The van der Waals surface area contributed by atoms with E-state index < -0.39 is 16.9 Å². The number of benzene rings is 3. The first-order chi connectivity index (χ1) is 21.3. The molecule has 3 aromatic carbocycles. The SMILES string of the molecule is Cc1ccc(-n2nc(-c3ccccc3)c3c2N(CC(=O)NCc2ccccn2)C(=O)CS[C@@H]3c2ccc(F)cc2F)c(C)c1. The summed E-state index contributed by atoms with van der Waals surface area (Å²) in [6.07, 6.45) is 1.64. The molecule has 3 heterocycles. The number of aromatic nitrogens is 3. The van der Waals surface area contributed by atoms with Crippen LogP contribution in [0.15, 0.2) is 91.1 Å². The molecule has 222 valence electrons. The molecular weight excluding hydrogens is 580 g/mol. The molecule has 0 saturated heterocycles. The van der Waals surface area contributed by atoms with E-state index in [9.17, 15) is 14.0 Å². The van der Waals surface area contributed by atoms with Crippen LogP contribution >= 0.6 is 11.8 Å². The lowest BCUT2D eigenvalue weighted by molar-refractivity contribution is -0.123. The predicted molar refractivity (Wildman–Crippen MR) is 168 cm³/mol. The van der Waals surface area contributed by atoms with Crippen LogP contribution < -0.4 is 10.2 Å². The molecule has 2 amide bonds. The standard InChI is InChI=1S/C34H29F2N5O2S/c1-21-11-14-28(22(2)16-21)41-34-31(32(39-41)23-8-4-3-5-9-23)33(26-13-12-24(35)17-27(26)36)44-20-30(43)40(34)19-29(42)38-18-25-10-6-7-15-37-25/h3-17,33H,18-20H2,1-2H3,(H,38,42)/t33-/m1/s1. The van der Waals surface area contributed by atoms with Crippen LogP contribution in [0.4, 0.5) is 14.6 Å². The van der Waals surface area contributed by atoms with Crippen LogP contribution in [0, 0.1) is 25.5 Å². The van der Waals surface area contributed by atoms with E-state index in [1.165, 1.54) is 28.8 Å². The van der Waals surface area contributed by atoms with E-state index in [1.54, 1.807) is 23.0 Å². The van der Waals surface area contributed by atoms with E-state index in [1.807, 2.05) is 68.4 Å². The highest BCUT2D eigenvalue weighted by atomic mass is 32.2. The molecule has 0 radical (unpaired) electrons. The van der Waals surface area contributed by atoms with Gasteiger partial charge in [-0.25, -0.2) is 13.5 Å². The van der Waals surface area contributed by atoms with Gasteiger partial charge in [-0.2, -0.15) is 5.10 Å². The molecule has 0 saturated carbocycles. The van der Waals surface area contributed by atoms with E-state index in [2.05, 4.69) is 10.3 Å². The number of fused-ring (bicyclic) bond motifs is 1. The Kier molecular flexibility index (Phi) is 8.25. The van der Waals surface area contributed by atoms with Crippen LogP contribution in [0.25, 0.3) is 16.9 Å². The van der Waals surface area contributed by atoms with Crippen molar-refractivity contribution in [3.05, 3.63) is 131 Å². The molecule has 0 bridgehead atoms. The van der Waals surface area contributed by atoms with Gasteiger partial charge in [0.2, 0.25) is 11.8 Å². The van der Waals surface area contributed by atoms with Gasteiger partial charge in [0.25, 0.3) is 0 Å². The topological polar surface area (TPSA) is 80.1 Å². The van der Waals surface area contributed by atoms with Gasteiger partial charge < -0.3 is 5.32 Å². The molecule has 0 aliphatic carbocycles. The maximum Gasteiger partial charge on any atom is 0.240 e. The largest absolute Gasteiger partial charge is 0.349 e. The summed E-state index contributed by atoms with van der Waals surface area (Å²) in [6, 6.07) is 24.2. The average molecular weight is 610 g/mol. The van der Waals surface area contributed by atoms with E-state index in [-0.39, 0.29) is 36.2 Å². The summed E-state index contributed by atoms with van der Waals surface area (Å²) in [5, 5.41) is 7.19. The Bertz CT molecular complexity index is 1850. The smallest absolute Gasteiger partial charge is 0.240 e. The Hall–Kier alpha value is -4.83. The third-order valence-electron chi connectivity index (χ3n) is 7.46. The van der Waals surface area contributed by atoms with E-state index in [0.29, 0.717) is 28.5 Å². The van der Waals surface area contributed by atoms with Gasteiger partial charge >= 0.3 is 0 Å². The molecule has 5 aromatic rings. The number of hydrogen-bond donors (Lipinski definition) is 1. The van der Waals surface area contributed by atoms with Crippen molar-refractivity contribution in [2.24, 2.45) is 0 Å². The number of pyridine rings is 1. The van der Waals surface area contributed by atoms with Crippen LogP contribution in [0.5, 0.6) is 0 Å². The van der Waals surface area contributed by atoms with Gasteiger partial charge in [-0.15, -0.1) is 11.8 Å². The van der Waals surface area contributed by atoms with Crippen LogP contribution in [0.1, 0.15) is 33.2 Å². The lowest BCUT2D eigenvalue weighted by Gasteiger charge is -2.24. The number of thioether (sulfide) groups is 1. The molecule has 1 aliphatic rings. The number of nitrogens with zero attached hydrogens (tertiary/aromatic N) is 4. The summed E-state index contributed by atoms with van der Waals surface area (Å²) < 4.78 is 31.2. The number of anilines is 1. The highest BCUT2D eigenvalue weighted by Gasteiger charge is 2.38. The third kappa shape index (κ3) is 5.85. The highest BCUT2D eigenvalue weighted by molar-refractivity contribution is 8.00. The fraction of sp³-hybridized carbons (Fsp3) is 0.176. The lowest BCUT2D eigenvalue weighted by Crippen LogP contribution is -2.42. The van der Waals surface area contributed by atoms with E-state index in [4.69, 9.17) is 5.10 Å². The number of aryl methyl sites for hydroxylation is 2. The predicted octanol–water partition coefficient (Wildman–Crippen LogP) is 6.31. The number of halogens is 2. The van der Waals surface area contributed by atoms with Crippen molar-refractivity contribution in [1.82, 2.24) is 20.1 Å². The number of nitrogens with one attached hydrogen (secondary N) is 1. The fourth-order valence-corrected chi connectivity index (χ4v) is 6.61. The minimum atomic E-state index is -0.722. The van der Waals surface area contributed by atoms with Crippen LogP contribution in [-0.4, -0.2) is 38.9 Å². The third-order valence-corrected chi connectivity index (χ3v) is 8.69. The summed E-state index contributed by atoms with van der Waals surface area (Å²) in [5.74, 6) is -1.80. The molecule has 1 N–H and O–H groups in total. The minimum Gasteiger partial charge on any atom is -0.349 e. The van der Waals surface area contributed by atoms with E-state index in [0.717, 1.165) is 22.8 Å². The maximum absolute atomic E-state index is 15.5. The first-order valence-electron chi connectivity index (χ1n) is 14.1. The molecule has 10 heteroatoms. The van der Waals surface area contributed by atoms with Gasteiger partial charge in [0.1, 0.15) is 24.0 Å². The van der Waals surface area contributed by atoms with Crippen LogP contribution in [0.3, 0.4) is 0 Å². The van der Waals surface area contributed by atoms with Crippen molar-refractivity contribution in [1.29, 1.82) is 0 Å². The second-order valence-corrected chi connectivity index (χ2v) is 11.7. The molecule has 7 nitrogen and oxygen atoms in total. The summed E-state index contributed by atoms with van der Waals surface area (Å²) in [6.45, 7) is 3.84. The van der Waals surface area contributed by atoms with Crippen LogP contribution in [-0.2, 0) is 16.1 Å². The zero-order valence-corrected chi connectivity index (χ0v) is 24.9. The quantitative estimate of drug-likeness (QED) is 0.234. The molecule has 0 spiro atoms. The van der Waals surface area contributed by atoms with Gasteiger partial charge in [0.05, 0.1) is 34.6 Å². The van der Waals surface area contributed by atoms with Crippen molar-refractivity contribution in [3.8, 4) is 16.9 Å². The molecule has 1 atom stereocenters.